The first-order chi connectivity index (χ1) is 11.9. The molecule has 0 aliphatic carbocycles. The summed E-state index contributed by atoms with van der Waals surface area (Å²) in [6, 6.07) is 7.31. The van der Waals surface area contributed by atoms with E-state index in [4.69, 9.17) is 14.2 Å². The van der Waals surface area contributed by atoms with Crippen LogP contribution in [0, 0.1) is 10.1 Å². The third-order valence-electron chi connectivity index (χ3n) is 2.99. The Balaban J connectivity index is 1.96. The van der Waals surface area contributed by atoms with Crippen molar-refractivity contribution in [3.05, 3.63) is 45.3 Å². The van der Waals surface area contributed by atoms with Crippen LogP contribution in [0.2, 0.25) is 0 Å². The molecule has 0 radical (unpaired) electrons. The lowest BCUT2D eigenvalue weighted by Gasteiger charge is -2.11. The first kappa shape index (κ1) is 18.2. The number of anilines is 1. The molecule has 2 rings (SSSR count). The summed E-state index contributed by atoms with van der Waals surface area (Å²) in [7, 11) is 2.93. The van der Waals surface area contributed by atoms with Gasteiger partial charge in [0.1, 0.15) is 16.4 Å². The van der Waals surface area contributed by atoms with Crippen LogP contribution < -0.4 is 14.8 Å². The molecular formula is C15H14N2O7S. The molecule has 0 saturated carbocycles. The Hall–Kier alpha value is -3.14. The van der Waals surface area contributed by atoms with Gasteiger partial charge in [-0.3, -0.25) is 14.9 Å². The van der Waals surface area contributed by atoms with E-state index in [9.17, 15) is 19.7 Å². The van der Waals surface area contributed by atoms with Crippen LogP contribution in [-0.2, 0) is 9.53 Å². The number of esters is 1. The molecule has 2 aromatic rings. The third kappa shape index (κ3) is 4.67. The van der Waals surface area contributed by atoms with Crippen molar-refractivity contribution in [2.45, 2.75) is 0 Å². The molecule has 1 heterocycles. The van der Waals surface area contributed by atoms with E-state index in [1.165, 1.54) is 26.4 Å². The van der Waals surface area contributed by atoms with Crippen molar-refractivity contribution in [2.75, 3.05) is 26.1 Å². The summed E-state index contributed by atoms with van der Waals surface area (Å²) in [5.41, 5.74) is 0.356. The van der Waals surface area contributed by atoms with Crippen molar-refractivity contribution in [1.82, 2.24) is 0 Å². The van der Waals surface area contributed by atoms with Crippen molar-refractivity contribution in [3.63, 3.8) is 0 Å². The van der Waals surface area contributed by atoms with Gasteiger partial charge in [-0.05, 0) is 18.2 Å². The highest BCUT2D eigenvalue weighted by Crippen LogP contribution is 2.29. The molecule has 0 unspecified atom stereocenters. The molecule has 0 spiro atoms. The number of ether oxygens (including phenoxy) is 3. The smallest absolute Gasteiger partial charge is 0.349 e. The first-order valence-electron chi connectivity index (χ1n) is 6.88. The van der Waals surface area contributed by atoms with Gasteiger partial charge in [-0.1, -0.05) is 11.3 Å². The Bertz CT molecular complexity index is 803. The molecule has 1 aromatic carbocycles. The fraction of sp³-hybridized carbons (Fsp3) is 0.200. The number of nitro groups is 1. The van der Waals surface area contributed by atoms with E-state index in [0.29, 0.717) is 28.5 Å². The molecular weight excluding hydrogens is 352 g/mol. The minimum absolute atomic E-state index is 0.0402. The number of carbonyl (C=O) groups is 2. The van der Waals surface area contributed by atoms with Crippen molar-refractivity contribution < 1.29 is 28.7 Å². The molecule has 1 aromatic heterocycles. The van der Waals surface area contributed by atoms with Gasteiger partial charge in [-0.2, -0.15) is 0 Å². The van der Waals surface area contributed by atoms with Gasteiger partial charge in [0.2, 0.25) is 0 Å². The number of thiophene rings is 1. The number of rotatable bonds is 7. The molecule has 0 saturated heterocycles. The standard InChI is InChI=1S/C15H14N2O7S/c1-22-9-3-4-11(23-2)10(7-9)16-13(18)8-24-15(19)12-5-6-14(25-12)17(20)21/h3-7H,8H2,1-2H3,(H,16,18). The van der Waals surface area contributed by atoms with Gasteiger partial charge < -0.3 is 19.5 Å². The fourth-order valence-electron chi connectivity index (χ4n) is 1.84. The summed E-state index contributed by atoms with van der Waals surface area (Å²) in [6.45, 7) is -0.551. The van der Waals surface area contributed by atoms with Gasteiger partial charge >= 0.3 is 11.0 Å². The van der Waals surface area contributed by atoms with E-state index in [0.717, 1.165) is 0 Å². The SMILES string of the molecule is COc1ccc(OC)c(NC(=O)COC(=O)c2ccc([N+](=O)[O-])s2)c1. The largest absolute Gasteiger partial charge is 0.497 e. The van der Waals surface area contributed by atoms with Crippen molar-refractivity contribution in [2.24, 2.45) is 0 Å². The average molecular weight is 366 g/mol. The summed E-state index contributed by atoms with van der Waals surface area (Å²) in [6.07, 6.45) is 0. The zero-order chi connectivity index (χ0) is 18.4. The van der Waals surface area contributed by atoms with Crippen LogP contribution in [0.5, 0.6) is 11.5 Å². The molecule has 132 valence electrons. The summed E-state index contributed by atoms with van der Waals surface area (Å²) in [5, 5.41) is 13.0. The lowest BCUT2D eigenvalue weighted by molar-refractivity contribution is -0.380. The quantitative estimate of drug-likeness (QED) is 0.454. The van der Waals surface area contributed by atoms with Crippen LogP contribution in [0.15, 0.2) is 30.3 Å². The number of hydrogen-bond acceptors (Lipinski definition) is 8. The number of hydrogen-bond donors (Lipinski definition) is 1. The first-order valence-corrected chi connectivity index (χ1v) is 7.69. The maximum Gasteiger partial charge on any atom is 0.349 e. The number of nitrogens with zero attached hydrogens (tertiary/aromatic N) is 1. The zero-order valence-electron chi connectivity index (χ0n) is 13.3. The monoisotopic (exact) mass is 366 g/mol. The Kier molecular flexibility index (Phi) is 5.90. The van der Waals surface area contributed by atoms with Crippen LogP contribution in [0.4, 0.5) is 10.7 Å². The minimum Gasteiger partial charge on any atom is -0.497 e. The van der Waals surface area contributed by atoms with Gasteiger partial charge in [0.05, 0.1) is 24.8 Å². The third-order valence-corrected chi connectivity index (χ3v) is 4.00. The van der Waals surface area contributed by atoms with E-state index in [-0.39, 0.29) is 9.88 Å². The molecule has 9 nitrogen and oxygen atoms in total. The van der Waals surface area contributed by atoms with E-state index in [1.807, 2.05) is 0 Å². The van der Waals surface area contributed by atoms with Gasteiger partial charge in [0.25, 0.3) is 5.91 Å². The lowest BCUT2D eigenvalue weighted by atomic mass is 10.2. The Morgan fingerprint density at radius 2 is 1.96 bits per heavy atom. The summed E-state index contributed by atoms with van der Waals surface area (Å²) < 4.78 is 15.0. The highest BCUT2D eigenvalue weighted by molar-refractivity contribution is 7.17. The van der Waals surface area contributed by atoms with E-state index in [1.54, 1.807) is 18.2 Å². The van der Waals surface area contributed by atoms with Crippen LogP contribution in [0.25, 0.3) is 0 Å². The predicted octanol–water partition coefficient (Wildman–Crippen LogP) is 2.47. The summed E-state index contributed by atoms with van der Waals surface area (Å²) in [5.74, 6) is -0.481. The van der Waals surface area contributed by atoms with Crippen molar-refractivity contribution >= 4 is 33.9 Å². The van der Waals surface area contributed by atoms with Crippen LogP contribution in [0.1, 0.15) is 9.67 Å². The van der Waals surface area contributed by atoms with E-state index < -0.39 is 23.4 Å². The number of benzene rings is 1. The number of carbonyl (C=O) groups excluding carboxylic acids is 2. The van der Waals surface area contributed by atoms with E-state index >= 15 is 0 Å². The second-order valence-electron chi connectivity index (χ2n) is 4.59. The van der Waals surface area contributed by atoms with Crippen LogP contribution in [-0.4, -0.2) is 37.6 Å². The van der Waals surface area contributed by atoms with Crippen LogP contribution in [0.3, 0.4) is 0 Å². The fourth-order valence-corrected chi connectivity index (χ4v) is 2.55. The van der Waals surface area contributed by atoms with Crippen molar-refractivity contribution in [3.8, 4) is 11.5 Å². The van der Waals surface area contributed by atoms with Crippen molar-refractivity contribution in [1.29, 1.82) is 0 Å². The zero-order valence-corrected chi connectivity index (χ0v) is 14.1. The number of methoxy groups -OCH3 is 2. The Labute approximate surface area is 146 Å². The van der Waals surface area contributed by atoms with Gasteiger partial charge in [0.15, 0.2) is 6.61 Å². The summed E-state index contributed by atoms with van der Waals surface area (Å²) >= 11 is 0.674. The number of amides is 1. The predicted molar refractivity (Wildman–Crippen MR) is 89.4 cm³/mol. The molecule has 0 fully saturated rings. The van der Waals surface area contributed by atoms with Gasteiger partial charge in [0, 0.05) is 12.1 Å². The van der Waals surface area contributed by atoms with Crippen LogP contribution >= 0.6 is 11.3 Å². The molecule has 10 heteroatoms. The molecule has 1 amide bonds. The Morgan fingerprint density at radius 1 is 1.20 bits per heavy atom. The molecule has 0 bridgehead atoms. The van der Waals surface area contributed by atoms with E-state index in [2.05, 4.69) is 5.32 Å². The van der Waals surface area contributed by atoms with Gasteiger partial charge in [-0.15, -0.1) is 0 Å². The molecule has 1 N–H and O–H groups in total. The molecule has 0 aliphatic heterocycles. The molecule has 25 heavy (non-hydrogen) atoms. The molecule has 0 atom stereocenters. The maximum absolute atomic E-state index is 11.9. The van der Waals surface area contributed by atoms with Gasteiger partial charge in [-0.25, -0.2) is 4.79 Å². The highest BCUT2D eigenvalue weighted by atomic mass is 32.1. The minimum atomic E-state index is -0.814. The Morgan fingerprint density at radius 3 is 2.56 bits per heavy atom. The topological polar surface area (TPSA) is 117 Å². The second kappa shape index (κ2) is 8.11. The highest BCUT2D eigenvalue weighted by Gasteiger charge is 2.18. The summed E-state index contributed by atoms with van der Waals surface area (Å²) in [4.78, 5) is 33.8. The molecule has 0 aliphatic rings. The number of nitrogens with one attached hydrogen (secondary N) is 1. The average Bonchev–Trinajstić information content (AvgIpc) is 3.10. The lowest BCUT2D eigenvalue weighted by Crippen LogP contribution is -2.21. The maximum atomic E-state index is 11.9. The normalized spacial score (nSPS) is 10.0. The second-order valence-corrected chi connectivity index (χ2v) is 5.65.